The summed E-state index contributed by atoms with van der Waals surface area (Å²) in [7, 11) is -0.445. The predicted octanol–water partition coefficient (Wildman–Crippen LogP) is 3.86. The third-order valence-electron chi connectivity index (χ3n) is 6.70. The van der Waals surface area contributed by atoms with Crippen molar-refractivity contribution in [3.05, 3.63) is 52.8 Å². The maximum atomic E-state index is 12.0. The van der Waals surface area contributed by atoms with Gasteiger partial charge in [0.25, 0.3) is 0 Å². The Balaban J connectivity index is 1.55. The summed E-state index contributed by atoms with van der Waals surface area (Å²) < 4.78 is 19.9. The lowest BCUT2D eigenvalue weighted by Crippen LogP contribution is -2.41. The number of fused-ring (bicyclic) bond motifs is 1. The van der Waals surface area contributed by atoms with Crippen molar-refractivity contribution in [2.24, 2.45) is 4.99 Å². The Morgan fingerprint density at radius 2 is 1.86 bits per heavy atom. The number of carbonyl (C=O) groups is 1. The Bertz CT molecular complexity index is 1150. The van der Waals surface area contributed by atoms with E-state index in [0.29, 0.717) is 6.54 Å². The maximum Gasteiger partial charge on any atom is 0.496 e. The molecule has 0 saturated carbocycles. The molecule has 188 valence electrons. The number of amides is 1. The van der Waals surface area contributed by atoms with Crippen LogP contribution in [-0.4, -0.2) is 46.6 Å². The molecule has 8 nitrogen and oxygen atoms in total. The normalized spacial score (nSPS) is 20.7. The number of hydrogen-bond donors (Lipinski definition) is 2. The van der Waals surface area contributed by atoms with Gasteiger partial charge in [0.1, 0.15) is 11.8 Å². The van der Waals surface area contributed by atoms with Crippen LogP contribution in [0.15, 0.2) is 35.5 Å². The number of nitrogens with one attached hydrogen (secondary N) is 2. The number of ether oxygens (including phenoxy) is 1. The molecule has 0 radical (unpaired) electrons. The highest BCUT2D eigenvalue weighted by atomic mass is 16.7. The van der Waals surface area contributed by atoms with Gasteiger partial charge >= 0.3 is 13.2 Å². The topological polar surface area (TPSA) is 86.1 Å². The summed E-state index contributed by atoms with van der Waals surface area (Å²) in [6.45, 7) is 18.2. The smallest absolute Gasteiger partial charge is 0.444 e. The van der Waals surface area contributed by atoms with Crippen molar-refractivity contribution in [3.63, 3.8) is 0 Å². The number of carbonyl (C=O) groups excluding carboxylic acids is 1. The van der Waals surface area contributed by atoms with Crippen LogP contribution in [0.25, 0.3) is 0 Å². The molecule has 9 heteroatoms. The third kappa shape index (κ3) is 5.26. The van der Waals surface area contributed by atoms with Gasteiger partial charge in [-0.25, -0.2) is 4.79 Å². The van der Waals surface area contributed by atoms with Crippen LogP contribution in [0.1, 0.15) is 77.8 Å². The molecule has 1 unspecified atom stereocenters. The fourth-order valence-corrected chi connectivity index (χ4v) is 4.12. The average molecular weight is 480 g/mol. The zero-order valence-corrected chi connectivity index (χ0v) is 22.3. The van der Waals surface area contributed by atoms with Gasteiger partial charge in [-0.1, -0.05) is 12.1 Å². The van der Waals surface area contributed by atoms with Gasteiger partial charge in [0, 0.05) is 23.8 Å². The maximum absolute atomic E-state index is 12.0. The minimum atomic E-state index is -0.527. The molecule has 1 amide bonds. The molecule has 1 atom stereocenters. The van der Waals surface area contributed by atoms with Crippen LogP contribution in [0.3, 0.4) is 0 Å². The van der Waals surface area contributed by atoms with Crippen LogP contribution in [0.2, 0.25) is 0 Å². The summed E-state index contributed by atoms with van der Waals surface area (Å²) in [5.41, 5.74) is 7.94. The number of aromatic nitrogens is 1. The monoisotopic (exact) mass is 480 g/mol. The molecular formula is C26H37BN4O4. The molecule has 0 aliphatic carbocycles. The standard InChI is InChI=1S/C26H37BN4O4/c1-16-12-18(10-11-19(16)14-28-23(32)33-24(3,4)5)22-21-13-20(15-31(21)30-17(2)29-22)27-34-25(6,7)26(8,9)35-27/h10-13,15,17,30H,14H2,1-9H3,(H,28,32). The van der Waals surface area contributed by atoms with E-state index < -0.39 is 30.0 Å². The molecule has 1 fully saturated rings. The largest absolute Gasteiger partial charge is 0.496 e. The first-order valence-corrected chi connectivity index (χ1v) is 12.1. The van der Waals surface area contributed by atoms with Crippen molar-refractivity contribution in [3.8, 4) is 0 Å². The van der Waals surface area contributed by atoms with Gasteiger partial charge in [-0.05, 0) is 85.6 Å². The number of nitrogens with zero attached hydrogens (tertiary/aromatic N) is 2. The molecule has 2 aliphatic heterocycles. The van der Waals surface area contributed by atoms with Crippen molar-refractivity contribution >= 4 is 24.4 Å². The third-order valence-corrected chi connectivity index (χ3v) is 6.70. The van der Waals surface area contributed by atoms with Gasteiger partial charge < -0.3 is 24.8 Å². The van der Waals surface area contributed by atoms with Crippen molar-refractivity contribution < 1.29 is 18.8 Å². The molecule has 0 bridgehead atoms. The minimum Gasteiger partial charge on any atom is -0.444 e. The van der Waals surface area contributed by atoms with Crippen molar-refractivity contribution in [1.29, 1.82) is 0 Å². The quantitative estimate of drug-likeness (QED) is 0.650. The Morgan fingerprint density at radius 3 is 2.46 bits per heavy atom. The second-order valence-corrected chi connectivity index (χ2v) is 11.4. The molecule has 2 N–H and O–H groups in total. The SMILES string of the molecule is Cc1cc(C2=NC(C)Nn3cc(B4OC(C)(C)C(C)(C)O4)cc32)ccc1CNC(=O)OC(C)(C)C. The number of benzene rings is 1. The summed E-state index contributed by atoms with van der Waals surface area (Å²) in [5.74, 6) is 0. The van der Waals surface area contributed by atoms with Crippen LogP contribution in [0.5, 0.6) is 0 Å². The highest BCUT2D eigenvalue weighted by Gasteiger charge is 2.52. The lowest BCUT2D eigenvalue weighted by atomic mass is 9.81. The van der Waals surface area contributed by atoms with Gasteiger partial charge in [-0.2, -0.15) is 0 Å². The summed E-state index contributed by atoms with van der Waals surface area (Å²) in [6.07, 6.45) is 1.50. The Hall–Kier alpha value is -2.78. The van der Waals surface area contributed by atoms with E-state index in [1.54, 1.807) is 0 Å². The number of aryl methyl sites for hydroxylation is 1. The second-order valence-electron chi connectivity index (χ2n) is 11.4. The summed E-state index contributed by atoms with van der Waals surface area (Å²) in [6, 6.07) is 8.25. The van der Waals surface area contributed by atoms with Gasteiger partial charge in [0.05, 0.1) is 22.6 Å². The minimum absolute atomic E-state index is 0.0927. The Morgan fingerprint density at radius 1 is 1.20 bits per heavy atom. The van der Waals surface area contributed by atoms with E-state index in [9.17, 15) is 4.79 Å². The van der Waals surface area contributed by atoms with Crippen LogP contribution < -0.4 is 16.2 Å². The molecule has 0 spiro atoms. The average Bonchev–Trinajstić information content (AvgIpc) is 3.22. The first-order valence-electron chi connectivity index (χ1n) is 12.1. The molecule has 2 aliphatic rings. The Labute approximate surface area is 208 Å². The molecule has 1 saturated heterocycles. The lowest BCUT2D eigenvalue weighted by molar-refractivity contribution is 0.00578. The van der Waals surface area contributed by atoms with Gasteiger partial charge in [-0.3, -0.25) is 9.67 Å². The van der Waals surface area contributed by atoms with E-state index in [2.05, 4.69) is 50.6 Å². The molecule has 3 heterocycles. The lowest BCUT2D eigenvalue weighted by Gasteiger charge is -2.32. The fraction of sp³-hybridized carbons (Fsp3) is 0.538. The molecule has 2 aromatic rings. The Kier molecular flexibility index (Phi) is 6.30. The van der Waals surface area contributed by atoms with Gasteiger partial charge in [0.15, 0.2) is 0 Å². The summed E-state index contributed by atoms with van der Waals surface area (Å²) >= 11 is 0. The highest BCUT2D eigenvalue weighted by molar-refractivity contribution is 6.62. The number of hydrogen-bond acceptors (Lipinski definition) is 6. The molecule has 35 heavy (non-hydrogen) atoms. The second kappa shape index (κ2) is 8.71. The van der Waals surface area contributed by atoms with E-state index in [-0.39, 0.29) is 6.17 Å². The first kappa shape index (κ1) is 25.3. The van der Waals surface area contributed by atoms with E-state index >= 15 is 0 Å². The zero-order chi connectivity index (χ0) is 25.8. The van der Waals surface area contributed by atoms with Crippen molar-refractivity contribution in [1.82, 2.24) is 9.99 Å². The number of rotatable bonds is 4. The zero-order valence-electron chi connectivity index (χ0n) is 22.3. The number of alkyl carbamates (subject to hydrolysis) is 1. The molecule has 1 aromatic heterocycles. The highest BCUT2D eigenvalue weighted by Crippen LogP contribution is 2.36. The van der Waals surface area contributed by atoms with Gasteiger partial charge in [-0.15, -0.1) is 0 Å². The van der Waals surface area contributed by atoms with Crippen LogP contribution >= 0.6 is 0 Å². The summed E-state index contributed by atoms with van der Waals surface area (Å²) in [4.78, 5) is 16.9. The fourth-order valence-electron chi connectivity index (χ4n) is 4.12. The van der Waals surface area contributed by atoms with Crippen LogP contribution in [0, 0.1) is 6.92 Å². The summed E-state index contributed by atoms with van der Waals surface area (Å²) in [5, 5.41) is 2.83. The van der Waals surface area contributed by atoms with Crippen LogP contribution in [-0.2, 0) is 20.6 Å². The van der Waals surface area contributed by atoms with Crippen LogP contribution in [0.4, 0.5) is 4.79 Å². The van der Waals surface area contributed by atoms with Gasteiger partial charge in [0.2, 0.25) is 0 Å². The van der Waals surface area contributed by atoms with E-state index in [1.165, 1.54) is 0 Å². The molecular weight excluding hydrogens is 443 g/mol. The van der Waals surface area contributed by atoms with Crippen molar-refractivity contribution in [2.45, 2.75) is 91.8 Å². The molecule has 4 rings (SSSR count). The first-order chi connectivity index (χ1) is 16.1. The van der Waals surface area contributed by atoms with Crippen molar-refractivity contribution in [2.75, 3.05) is 5.43 Å². The predicted molar refractivity (Wildman–Crippen MR) is 139 cm³/mol. The van der Waals surface area contributed by atoms with E-state index in [1.807, 2.05) is 57.6 Å². The number of aliphatic imine (C=N–C) groups is 1. The van der Waals surface area contributed by atoms with E-state index in [0.717, 1.165) is 33.6 Å². The van der Waals surface area contributed by atoms with E-state index in [4.69, 9.17) is 19.0 Å². The molecule has 1 aromatic carbocycles.